The van der Waals surface area contributed by atoms with Crippen molar-refractivity contribution in [3.8, 4) is 33.8 Å². The largest absolute Gasteiger partial charge is 0.496 e. The maximum Gasteiger partial charge on any atom is 0.326 e. The van der Waals surface area contributed by atoms with Gasteiger partial charge in [0.1, 0.15) is 34.8 Å². The molecule has 1 saturated heterocycles. The lowest BCUT2D eigenvalue weighted by Gasteiger charge is -2.21. The van der Waals surface area contributed by atoms with Crippen LogP contribution in [0, 0.1) is 25.0 Å². The Labute approximate surface area is 411 Å². The van der Waals surface area contributed by atoms with Gasteiger partial charge in [0.15, 0.2) is 0 Å². The van der Waals surface area contributed by atoms with Crippen LogP contribution in [0.5, 0.6) is 11.5 Å². The molecule has 8 rings (SSSR count). The summed E-state index contributed by atoms with van der Waals surface area (Å²) in [7, 11) is 3.01. The number of anilines is 1. The Balaban J connectivity index is 0.000000207. The van der Waals surface area contributed by atoms with Crippen LogP contribution in [-0.2, 0) is 27.2 Å². The number of hydrogen-bond donors (Lipinski definition) is 1. The van der Waals surface area contributed by atoms with Crippen molar-refractivity contribution >= 4 is 52.7 Å². The van der Waals surface area contributed by atoms with Crippen LogP contribution < -0.4 is 14.4 Å². The zero-order valence-corrected chi connectivity index (χ0v) is 41.1. The van der Waals surface area contributed by atoms with E-state index in [1.54, 1.807) is 102 Å². The Bertz CT molecular complexity index is 2650. The first-order valence-corrected chi connectivity index (χ1v) is 22.9. The van der Waals surface area contributed by atoms with Crippen LogP contribution in [0.25, 0.3) is 22.3 Å². The van der Waals surface area contributed by atoms with Gasteiger partial charge in [-0.3, -0.25) is 4.79 Å². The van der Waals surface area contributed by atoms with Crippen molar-refractivity contribution in [3.05, 3.63) is 154 Å². The van der Waals surface area contributed by atoms with E-state index >= 15 is 8.78 Å². The Morgan fingerprint density at radius 1 is 0.706 bits per heavy atom. The van der Waals surface area contributed by atoms with Gasteiger partial charge in [-0.25, -0.2) is 33.5 Å². The van der Waals surface area contributed by atoms with E-state index in [9.17, 15) is 14.7 Å². The van der Waals surface area contributed by atoms with Crippen LogP contribution in [0.15, 0.2) is 97.6 Å². The number of benzene rings is 4. The van der Waals surface area contributed by atoms with Gasteiger partial charge in [0.05, 0.1) is 31.3 Å². The summed E-state index contributed by atoms with van der Waals surface area (Å²) in [6.07, 6.45) is 12.8. The minimum atomic E-state index is -0.876. The summed E-state index contributed by atoms with van der Waals surface area (Å²) in [4.78, 5) is 41.0. The lowest BCUT2D eigenvalue weighted by atomic mass is 9.98. The molecule has 2 aromatic heterocycles. The molecule has 4 aromatic carbocycles. The highest BCUT2D eigenvalue weighted by molar-refractivity contribution is 6.31. The normalized spacial score (nSPS) is 14.4. The number of carboxylic acid groups (broad SMARTS) is 1. The van der Waals surface area contributed by atoms with Crippen molar-refractivity contribution in [2.24, 2.45) is 5.92 Å². The van der Waals surface area contributed by atoms with Gasteiger partial charge in [-0.15, -0.1) is 0 Å². The van der Waals surface area contributed by atoms with Gasteiger partial charge in [-0.05, 0) is 128 Å². The second-order valence-corrected chi connectivity index (χ2v) is 18.3. The first kappa shape index (κ1) is 53.1. The second kappa shape index (κ2) is 24.4. The molecule has 1 atom stereocenters. The number of carbonyl (C=O) groups excluding carboxylic acids is 1. The molecule has 0 bridgehead atoms. The molecule has 6 aromatic rings. The molecule has 0 radical (unpaired) electrons. The van der Waals surface area contributed by atoms with Crippen molar-refractivity contribution in [1.82, 2.24) is 19.9 Å². The van der Waals surface area contributed by atoms with Crippen LogP contribution >= 0.6 is 34.8 Å². The summed E-state index contributed by atoms with van der Waals surface area (Å²) in [6, 6.07) is 20.2. The monoisotopic (exact) mass is 988 g/mol. The lowest BCUT2D eigenvalue weighted by Crippen LogP contribution is -2.37. The van der Waals surface area contributed by atoms with E-state index in [1.807, 2.05) is 20.8 Å². The second-order valence-electron chi connectivity index (χ2n) is 17.1. The van der Waals surface area contributed by atoms with Crippen molar-refractivity contribution < 1.29 is 37.7 Å². The molecule has 68 heavy (non-hydrogen) atoms. The topological polar surface area (TPSA) is 137 Å². The molecule has 1 aliphatic heterocycles. The third kappa shape index (κ3) is 14.1. The average Bonchev–Trinajstić information content (AvgIpc) is 4.03. The van der Waals surface area contributed by atoms with E-state index in [0.29, 0.717) is 80.3 Å². The number of carboxylic acids is 1. The molecule has 0 spiro atoms. The van der Waals surface area contributed by atoms with Gasteiger partial charge in [0, 0.05) is 54.2 Å². The maximum absolute atomic E-state index is 15.5. The Kier molecular flexibility index (Phi) is 19.1. The number of rotatable bonds is 11. The zero-order valence-electron chi connectivity index (χ0n) is 38.9. The number of aliphatic carboxylic acids is 1. The number of aromatic nitrogens is 4. The van der Waals surface area contributed by atoms with Gasteiger partial charge in [-0.2, -0.15) is 0 Å². The fourth-order valence-electron chi connectivity index (χ4n) is 7.91. The van der Waals surface area contributed by atoms with Gasteiger partial charge in [0.2, 0.25) is 11.2 Å². The molecule has 3 heterocycles. The Morgan fingerprint density at radius 3 is 1.60 bits per heavy atom. The van der Waals surface area contributed by atoms with E-state index in [4.69, 9.17) is 49.0 Å². The van der Waals surface area contributed by atoms with Gasteiger partial charge in [0.25, 0.3) is 0 Å². The fraction of sp³-hybridized carbons (Fsp3) is 0.327. The maximum atomic E-state index is 15.5. The molecule has 2 fully saturated rings. The standard InChI is InChI=1S/C23H21ClFN3O3.C18H13Cl2FN2O.C10H18O2.CH3/c1-31-19-8-7-16(21(25)20(19)15-4-2-5-17(24)11-15)10-14-12-26-23(27-13-14)28-9-3-6-18(28)22(29)30;1-24-15-6-5-13(7-11-9-22-18(20)23-10-11)17(21)16(15)12-3-2-4-14(19)8-12;1-10(2,3)12-9(11)8-6-4-5-7-8;/h2,4-5,7-8,11-13,18H,3,6,9-10H2,1H3,(H,29,30);2-6,8-10H,7H2,1H3;8H,4-7H2,1-3H3;1H3/q;;;-1. The number of ether oxygens (including phenoxy) is 3. The molecule has 16 heteroatoms. The summed E-state index contributed by atoms with van der Waals surface area (Å²) in [5.74, 6) is -0.191. The molecule has 360 valence electrons. The summed E-state index contributed by atoms with van der Waals surface area (Å²) >= 11 is 17.8. The highest BCUT2D eigenvalue weighted by atomic mass is 35.5. The molecular formula is C52H55Cl3F2N5O6-. The quantitative estimate of drug-likeness (QED) is 0.0754. The van der Waals surface area contributed by atoms with E-state index in [1.165, 1.54) is 27.1 Å². The molecule has 1 saturated carbocycles. The molecule has 0 amide bonds. The van der Waals surface area contributed by atoms with E-state index in [-0.39, 0.29) is 42.4 Å². The van der Waals surface area contributed by atoms with Crippen molar-refractivity contribution in [2.45, 2.75) is 83.8 Å². The SMILES string of the molecule is CC(C)(C)OC(=O)C1CCCC1.COc1ccc(Cc2cnc(Cl)nc2)c(F)c1-c1cccc(Cl)c1.COc1ccc(Cc2cnc(N3CCCC3C(=O)O)nc2)c(F)c1-c1cccc(Cl)c1.[CH3-]. The molecule has 1 aliphatic carbocycles. The van der Waals surface area contributed by atoms with E-state index in [0.717, 1.165) is 30.4 Å². The fourth-order valence-corrected chi connectivity index (χ4v) is 8.39. The molecule has 2 aliphatic rings. The summed E-state index contributed by atoms with van der Waals surface area (Å²) in [5.41, 5.74) is 4.16. The average molecular weight is 990 g/mol. The van der Waals surface area contributed by atoms with Crippen LogP contribution in [0.1, 0.15) is 81.5 Å². The molecule has 1 N–H and O–H groups in total. The van der Waals surface area contributed by atoms with Crippen molar-refractivity contribution in [3.63, 3.8) is 0 Å². The molecular weight excluding hydrogens is 935 g/mol. The number of halogens is 5. The number of hydrogen-bond acceptors (Lipinski definition) is 10. The summed E-state index contributed by atoms with van der Waals surface area (Å²) < 4.78 is 46.5. The van der Waals surface area contributed by atoms with Gasteiger partial charge in [-0.1, -0.05) is 72.4 Å². The first-order valence-electron chi connectivity index (χ1n) is 21.8. The highest BCUT2D eigenvalue weighted by Crippen LogP contribution is 2.38. The zero-order chi connectivity index (χ0) is 48.3. The minimum absolute atomic E-state index is 0. The molecule has 1 unspecified atom stereocenters. The van der Waals surface area contributed by atoms with Gasteiger partial charge >= 0.3 is 11.9 Å². The third-order valence-electron chi connectivity index (χ3n) is 11.1. The van der Waals surface area contributed by atoms with Crippen molar-refractivity contribution in [1.29, 1.82) is 0 Å². The summed E-state index contributed by atoms with van der Waals surface area (Å²) in [6.45, 7) is 6.35. The van der Waals surface area contributed by atoms with Crippen LogP contribution in [0.3, 0.4) is 0 Å². The lowest BCUT2D eigenvalue weighted by molar-refractivity contribution is -0.159. The number of methoxy groups -OCH3 is 2. The predicted molar refractivity (Wildman–Crippen MR) is 264 cm³/mol. The predicted octanol–water partition coefficient (Wildman–Crippen LogP) is 12.7. The van der Waals surface area contributed by atoms with E-state index < -0.39 is 17.8 Å². The number of nitrogens with zero attached hydrogens (tertiary/aromatic N) is 5. The summed E-state index contributed by atoms with van der Waals surface area (Å²) in [5, 5.41) is 10.6. The van der Waals surface area contributed by atoms with E-state index in [2.05, 4.69) is 19.9 Å². The number of carbonyl (C=O) groups is 2. The smallest absolute Gasteiger partial charge is 0.326 e. The third-order valence-corrected chi connectivity index (χ3v) is 11.7. The first-order chi connectivity index (χ1) is 32.0. The van der Waals surface area contributed by atoms with Gasteiger partial charge < -0.3 is 31.6 Å². The van der Waals surface area contributed by atoms with Crippen LogP contribution in [0.2, 0.25) is 15.3 Å². The number of esters is 1. The Hall–Kier alpha value is -5.89. The Morgan fingerprint density at radius 2 is 1.18 bits per heavy atom. The van der Waals surface area contributed by atoms with Crippen LogP contribution in [0.4, 0.5) is 14.7 Å². The van der Waals surface area contributed by atoms with Crippen LogP contribution in [-0.4, -0.2) is 69.4 Å². The molecule has 11 nitrogen and oxygen atoms in total. The van der Waals surface area contributed by atoms with Crippen molar-refractivity contribution in [2.75, 3.05) is 25.7 Å². The highest BCUT2D eigenvalue weighted by Gasteiger charge is 2.32. The minimum Gasteiger partial charge on any atom is -0.496 e.